The third kappa shape index (κ3) is 20.2. The monoisotopic (exact) mass is 173 g/mol. The molecule has 0 bridgehead atoms. The van der Waals surface area contributed by atoms with Crippen molar-refractivity contribution < 1.29 is 27.1 Å². The zero-order valence-electron chi connectivity index (χ0n) is 3.98. The van der Waals surface area contributed by atoms with Gasteiger partial charge >= 0.3 is 23.1 Å². The van der Waals surface area contributed by atoms with E-state index >= 15 is 0 Å². The molecule has 0 radical (unpaired) electrons. The van der Waals surface area contributed by atoms with E-state index in [1.165, 1.54) is 0 Å². The number of allylic oxidation sites excluding steroid dienone is 1. The second-order valence-corrected chi connectivity index (χ2v) is 0.503. The maximum absolute atomic E-state index is 8.91. The van der Waals surface area contributed by atoms with Crippen molar-refractivity contribution in [1.82, 2.24) is 0 Å². The maximum Gasteiger partial charge on any atom is 2.00 e. The van der Waals surface area contributed by atoms with Crippen molar-refractivity contribution in [3.8, 4) is 0 Å². The molecule has 0 aliphatic rings. The van der Waals surface area contributed by atoms with Crippen molar-refractivity contribution in [3.05, 3.63) is 12.3 Å². The van der Waals surface area contributed by atoms with E-state index in [-0.39, 0.29) is 40.0 Å². The van der Waals surface area contributed by atoms with E-state index < -0.39 is 0 Å². The van der Waals surface area contributed by atoms with Crippen molar-refractivity contribution in [2.75, 3.05) is 0 Å². The average Bonchev–Trinajstić information content (AvgIpc) is 1.41. The number of rotatable bonds is 1. The SMILES string of the molecule is C[11C-]=[11CH]O[O-].[Br-].[Mg+2]. The maximum atomic E-state index is 8.91. The van der Waals surface area contributed by atoms with E-state index in [4.69, 9.17) is 5.26 Å². The molecule has 0 saturated heterocycles. The predicted octanol–water partition coefficient (Wildman–Crippen LogP) is -3.76. The molecule has 0 aromatic rings. The van der Waals surface area contributed by atoms with E-state index in [9.17, 15) is 0 Å². The normalized spacial score (nSPS) is 6.57. The van der Waals surface area contributed by atoms with Gasteiger partial charge in [0, 0.05) is 0 Å². The number of halogens is 1. The molecule has 0 unspecified atom stereocenters. The van der Waals surface area contributed by atoms with Crippen LogP contribution in [0.25, 0.3) is 0 Å². The first-order chi connectivity index (χ1) is 2.41. The molecule has 0 aromatic heterocycles. The Balaban J connectivity index is -0.0000000800. The van der Waals surface area contributed by atoms with E-state index in [2.05, 4.69) is 11.0 Å². The summed E-state index contributed by atoms with van der Waals surface area (Å²) in [5, 5.41) is 8.91. The number of hydrogen-bond donors (Lipinski definition) is 0. The van der Waals surface area contributed by atoms with Gasteiger partial charge in [-0.25, -0.2) is 0 Å². The third-order valence-corrected chi connectivity index (χ3v) is 0.166. The van der Waals surface area contributed by atoms with Gasteiger partial charge in [-0.15, -0.1) is 6.26 Å². The first-order valence-electron chi connectivity index (χ1n) is 1.19. The minimum atomic E-state index is 0. The van der Waals surface area contributed by atoms with Crippen molar-refractivity contribution >= 4 is 23.1 Å². The minimum Gasteiger partial charge on any atom is -1.00 e. The summed E-state index contributed by atoms with van der Waals surface area (Å²) in [6, 6.07) is 0. The summed E-state index contributed by atoms with van der Waals surface area (Å²) < 4.78 is 0. The van der Waals surface area contributed by atoms with Gasteiger partial charge in [0.2, 0.25) is 0 Å². The van der Waals surface area contributed by atoms with E-state index in [0.717, 1.165) is 6.26 Å². The van der Waals surface area contributed by atoms with Gasteiger partial charge in [-0.1, -0.05) is 0 Å². The second-order valence-electron chi connectivity index (χ2n) is 0.503. The molecule has 0 atom stereocenters. The van der Waals surface area contributed by atoms with Crippen LogP contribution < -0.4 is 22.2 Å². The van der Waals surface area contributed by atoms with Crippen LogP contribution in [0.15, 0.2) is 6.26 Å². The van der Waals surface area contributed by atoms with Crippen LogP contribution in [-0.4, -0.2) is 23.1 Å². The summed E-state index contributed by atoms with van der Waals surface area (Å²) in [5.41, 5.74) is 0. The Hall–Kier alpha value is 0.746. The molecule has 0 rings (SSSR count). The Kier molecular flexibility index (Phi) is 35.5. The Morgan fingerprint density at radius 2 is 2.14 bits per heavy atom. The first-order valence-corrected chi connectivity index (χ1v) is 1.19. The first kappa shape index (κ1) is 15.7. The molecule has 0 saturated carbocycles. The van der Waals surface area contributed by atoms with E-state index in [1.807, 2.05) is 0 Å². The summed E-state index contributed by atoms with van der Waals surface area (Å²) in [7, 11) is 0. The Bertz CT molecular complexity index is 39.9. The largest absolute Gasteiger partial charge is 2.00 e. The van der Waals surface area contributed by atoms with Crippen LogP contribution in [0.5, 0.6) is 0 Å². The van der Waals surface area contributed by atoms with Gasteiger partial charge in [0.05, 0.1) is 0 Å². The van der Waals surface area contributed by atoms with Gasteiger partial charge < -0.3 is 33.2 Å². The summed E-state index contributed by atoms with van der Waals surface area (Å²) in [4.78, 5) is 3.20. The topological polar surface area (TPSA) is 32.3 Å². The Morgan fingerprint density at radius 1 is 1.71 bits per heavy atom. The summed E-state index contributed by atoms with van der Waals surface area (Å²) >= 11 is 0. The molecule has 0 amide bonds. The zero-order chi connectivity index (χ0) is 4.12. The minimum absolute atomic E-state index is 0. The molecule has 0 N–H and O–H groups in total. The van der Waals surface area contributed by atoms with Crippen molar-refractivity contribution in [3.63, 3.8) is 0 Å². The van der Waals surface area contributed by atoms with Gasteiger partial charge in [0.1, 0.15) is 0 Å². The van der Waals surface area contributed by atoms with Gasteiger partial charge in [0.25, 0.3) is 0 Å². The fourth-order valence-corrected chi connectivity index (χ4v) is 0.0481. The van der Waals surface area contributed by atoms with Crippen LogP contribution in [0, 0.1) is 6.08 Å². The molecule has 7 heavy (non-hydrogen) atoms. The molecule has 2 nitrogen and oxygen atoms in total. The summed E-state index contributed by atoms with van der Waals surface area (Å²) in [6.45, 7) is 1.58. The second kappa shape index (κ2) is 15.9. The van der Waals surface area contributed by atoms with Crippen molar-refractivity contribution in [2.45, 2.75) is 6.92 Å². The smallest absolute Gasteiger partial charge is 1.00 e. The standard InChI is InChI=1S/C3H5O2.BrH.Mg/c1-2-3-5-4;;/h3-4H,1H3;1H;/q-1;;+2/p-2/i2-1,3-1;;. The summed E-state index contributed by atoms with van der Waals surface area (Å²) in [6.07, 6.45) is 3.30. The van der Waals surface area contributed by atoms with Crippen LogP contribution in [0.2, 0.25) is 0 Å². The van der Waals surface area contributed by atoms with Crippen LogP contribution >= 0.6 is 0 Å². The molecular formula is C3H4BrMgO2-. The van der Waals surface area contributed by atoms with Gasteiger partial charge in [-0.05, 0) is 0 Å². The molecule has 4 heteroatoms. The van der Waals surface area contributed by atoms with Crippen LogP contribution in [0.1, 0.15) is 6.92 Å². The van der Waals surface area contributed by atoms with Gasteiger partial charge in [-0.3, -0.25) is 0 Å². The van der Waals surface area contributed by atoms with Crippen molar-refractivity contribution in [2.24, 2.45) is 0 Å². The molecule has 0 spiro atoms. The van der Waals surface area contributed by atoms with Crippen molar-refractivity contribution in [1.29, 1.82) is 0 Å². The van der Waals surface area contributed by atoms with Gasteiger partial charge in [0.15, 0.2) is 0 Å². The third-order valence-electron chi connectivity index (χ3n) is 0.166. The Morgan fingerprint density at radius 3 is 2.14 bits per heavy atom. The van der Waals surface area contributed by atoms with E-state index in [0.29, 0.717) is 0 Å². The zero-order valence-corrected chi connectivity index (χ0v) is 6.98. The fraction of sp³-hybridized carbons (Fsp3) is 0.333. The van der Waals surface area contributed by atoms with Gasteiger partial charge in [-0.2, -0.15) is 6.92 Å². The molecule has 0 aromatic carbocycles. The van der Waals surface area contributed by atoms with Crippen LogP contribution in [0.3, 0.4) is 0 Å². The number of hydrogen-bond acceptors (Lipinski definition) is 2. The predicted molar refractivity (Wildman–Crippen MR) is 20.3 cm³/mol. The molecule has 0 aliphatic carbocycles. The summed E-state index contributed by atoms with van der Waals surface area (Å²) in [5.74, 6) is 0. The average molecular weight is 174 g/mol. The van der Waals surface area contributed by atoms with Crippen LogP contribution in [0.4, 0.5) is 0 Å². The molecular weight excluding hydrogens is 170 g/mol. The fourth-order valence-electron chi connectivity index (χ4n) is 0.0481. The molecule has 0 heterocycles. The molecule has 0 fully saturated rings. The molecule has 0 aliphatic heterocycles. The quantitative estimate of drug-likeness (QED) is 0.134. The van der Waals surface area contributed by atoms with Crippen LogP contribution in [-0.2, 0) is 4.89 Å². The Labute approximate surface area is 69.4 Å². The molecule has 38 valence electrons. The van der Waals surface area contributed by atoms with E-state index in [1.54, 1.807) is 6.92 Å².